The van der Waals surface area contributed by atoms with Crippen molar-refractivity contribution < 1.29 is 9.13 Å². The molecule has 1 aromatic carbocycles. The van der Waals surface area contributed by atoms with Crippen LogP contribution < -0.4 is 10.6 Å². The van der Waals surface area contributed by atoms with Gasteiger partial charge in [0.05, 0.1) is 0 Å². The summed E-state index contributed by atoms with van der Waals surface area (Å²) in [6.45, 7) is 0. The first-order chi connectivity index (χ1) is 16.6. The van der Waals surface area contributed by atoms with Crippen LogP contribution in [0.4, 0.5) is 0 Å². The summed E-state index contributed by atoms with van der Waals surface area (Å²) in [4.78, 5) is 0. The maximum absolute atomic E-state index is 15.0. The molecule has 2 nitrogen and oxygen atoms in total. The van der Waals surface area contributed by atoms with Gasteiger partial charge >= 0.3 is 0 Å². The third kappa shape index (κ3) is 4.94. The summed E-state index contributed by atoms with van der Waals surface area (Å²) in [5, 5.41) is 2.27. The highest BCUT2D eigenvalue weighted by molar-refractivity contribution is 7.73. The Bertz CT molecular complexity index is 751. The molecule has 0 saturated heterocycles. The molecule has 0 heterocycles. The summed E-state index contributed by atoms with van der Waals surface area (Å²) in [7, 11) is -4.90. The minimum Gasteiger partial charge on any atom is -0.318 e. The maximum atomic E-state index is 15.0. The van der Waals surface area contributed by atoms with Gasteiger partial charge in [0.1, 0.15) is 14.3 Å². The Morgan fingerprint density at radius 3 is 0.794 bits per heavy atom. The second kappa shape index (κ2) is 11.4. The Morgan fingerprint density at radius 1 is 0.382 bits per heavy atom. The van der Waals surface area contributed by atoms with Crippen LogP contribution in [0.15, 0.2) is 24.3 Å². The topological polar surface area (TPSA) is 34.1 Å². The van der Waals surface area contributed by atoms with Gasteiger partial charge in [0, 0.05) is 33.2 Å². The molecule has 4 aliphatic carbocycles. The predicted octanol–water partition coefficient (Wildman–Crippen LogP) is 8.99. The number of hydrogen-bond donors (Lipinski definition) is 0. The summed E-state index contributed by atoms with van der Waals surface area (Å²) in [6.07, 6.45) is 24.4. The van der Waals surface area contributed by atoms with Crippen LogP contribution in [-0.4, -0.2) is 22.6 Å². The van der Waals surface area contributed by atoms with Crippen molar-refractivity contribution in [2.45, 2.75) is 151 Å². The van der Waals surface area contributed by atoms with E-state index in [0.717, 1.165) is 62.0 Å². The van der Waals surface area contributed by atoms with Crippen molar-refractivity contribution >= 4 is 24.9 Å². The van der Waals surface area contributed by atoms with Crippen LogP contribution in [0, 0.1) is 0 Å². The van der Waals surface area contributed by atoms with Gasteiger partial charge in [-0.25, -0.2) is 0 Å². The fraction of sp³-hybridized carbons (Fsp3) is 0.800. The van der Waals surface area contributed by atoms with E-state index in [0.29, 0.717) is 22.6 Å². The van der Waals surface area contributed by atoms with E-state index in [9.17, 15) is 0 Å². The first-order valence-electron chi connectivity index (χ1n) is 14.9. The fourth-order valence-electron chi connectivity index (χ4n) is 8.22. The summed E-state index contributed by atoms with van der Waals surface area (Å²) in [6, 6.07) is 8.88. The Balaban J connectivity index is 1.48. The van der Waals surface area contributed by atoms with Crippen LogP contribution in [0.1, 0.15) is 128 Å². The van der Waals surface area contributed by atoms with E-state index in [1.807, 2.05) is 0 Å². The third-order valence-corrected chi connectivity index (χ3v) is 18.7. The second-order valence-electron chi connectivity index (χ2n) is 12.1. The average molecular weight is 503 g/mol. The number of hydrogen-bond acceptors (Lipinski definition) is 2. The van der Waals surface area contributed by atoms with Crippen LogP contribution in [0.2, 0.25) is 0 Å². The molecule has 0 amide bonds. The molecule has 0 aliphatic heterocycles. The Kier molecular flexibility index (Phi) is 8.48. The molecular weight excluding hydrogens is 454 g/mol. The molecule has 4 aliphatic rings. The highest BCUT2D eigenvalue weighted by Gasteiger charge is 2.45. The molecule has 0 spiro atoms. The minimum atomic E-state index is -2.45. The maximum Gasteiger partial charge on any atom is 0.121 e. The van der Waals surface area contributed by atoms with E-state index in [2.05, 4.69) is 24.3 Å². The van der Waals surface area contributed by atoms with Gasteiger partial charge in [-0.3, -0.25) is 0 Å². The van der Waals surface area contributed by atoms with Gasteiger partial charge in [-0.1, -0.05) is 101 Å². The molecule has 4 fully saturated rings. The molecule has 5 rings (SSSR count). The van der Waals surface area contributed by atoms with Gasteiger partial charge in [-0.2, -0.15) is 0 Å². The standard InChI is InChI=1S/C30H48O2P2/c31-33(25-13-5-1-6-14-25,26-15-7-2-8-16-26)29-21-23-30(24-22-29)34(32,27-17-9-3-10-18-27)28-19-11-4-12-20-28/h21-28H,1-20H2. The van der Waals surface area contributed by atoms with Gasteiger partial charge in [0.25, 0.3) is 0 Å². The second-order valence-corrected chi connectivity index (χ2v) is 18.9. The van der Waals surface area contributed by atoms with Crippen molar-refractivity contribution in [3.05, 3.63) is 24.3 Å². The summed E-state index contributed by atoms with van der Waals surface area (Å²) >= 11 is 0. The van der Waals surface area contributed by atoms with Crippen molar-refractivity contribution in [2.75, 3.05) is 0 Å². The normalized spacial score (nSPS) is 25.4. The number of benzene rings is 1. The van der Waals surface area contributed by atoms with Crippen molar-refractivity contribution in [3.8, 4) is 0 Å². The molecule has 4 heteroatoms. The zero-order valence-electron chi connectivity index (χ0n) is 21.5. The zero-order valence-corrected chi connectivity index (χ0v) is 23.3. The van der Waals surface area contributed by atoms with E-state index in [4.69, 9.17) is 0 Å². The van der Waals surface area contributed by atoms with Gasteiger partial charge in [0.2, 0.25) is 0 Å². The van der Waals surface area contributed by atoms with Gasteiger partial charge in [0.15, 0.2) is 0 Å². The molecule has 0 radical (unpaired) electrons. The monoisotopic (exact) mass is 502 g/mol. The Morgan fingerprint density at radius 2 is 0.588 bits per heavy atom. The van der Waals surface area contributed by atoms with Gasteiger partial charge in [-0.05, 0) is 51.4 Å². The highest BCUT2D eigenvalue weighted by atomic mass is 31.2. The fourth-order valence-corrected chi connectivity index (χ4v) is 16.9. The lowest BCUT2D eigenvalue weighted by Crippen LogP contribution is -2.32. The molecule has 0 bridgehead atoms. The molecular formula is C30H48O2P2. The van der Waals surface area contributed by atoms with Crippen LogP contribution in [0.3, 0.4) is 0 Å². The van der Waals surface area contributed by atoms with Crippen LogP contribution in [0.25, 0.3) is 0 Å². The molecule has 1 aromatic rings. The van der Waals surface area contributed by atoms with Gasteiger partial charge in [-0.15, -0.1) is 0 Å². The highest BCUT2D eigenvalue weighted by Crippen LogP contribution is 2.63. The Labute approximate surface area is 209 Å². The summed E-state index contributed by atoms with van der Waals surface area (Å²) in [5.41, 5.74) is 1.55. The predicted molar refractivity (Wildman–Crippen MR) is 148 cm³/mol. The van der Waals surface area contributed by atoms with Crippen molar-refractivity contribution in [1.29, 1.82) is 0 Å². The van der Waals surface area contributed by atoms with E-state index in [-0.39, 0.29) is 0 Å². The SMILES string of the molecule is O=P(c1ccc(P(=O)(C2CCCCC2)C2CCCCC2)cc1)(C1CCCCC1)C1CCCCC1. The molecule has 0 aromatic heterocycles. The molecule has 0 unspecified atom stereocenters. The van der Waals surface area contributed by atoms with Crippen molar-refractivity contribution in [3.63, 3.8) is 0 Å². The molecule has 4 saturated carbocycles. The molecule has 0 atom stereocenters. The van der Waals surface area contributed by atoms with E-state index < -0.39 is 14.3 Å². The first-order valence-corrected chi connectivity index (χ1v) is 18.6. The van der Waals surface area contributed by atoms with Crippen LogP contribution >= 0.6 is 14.3 Å². The molecule has 0 N–H and O–H groups in total. The molecule has 34 heavy (non-hydrogen) atoms. The smallest absolute Gasteiger partial charge is 0.121 e. The lowest BCUT2D eigenvalue weighted by molar-refractivity contribution is 0.452. The van der Waals surface area contributed by atoms with E-state index in [1.54, 1.807) is 0 Å². The Hall–Kier alpha value is -0.320. The lowest BCUT2D eigenvalue weighted by atomic mass is 9.99. The van der Waals surface area contributed by atoms with E-state index in [1.165, 1.54) is 77.0 Å². The van der Waals surface area contributed by atoms with Crippen LogP contribution in [-0.2, 0) is 9.13 Å². The minimum absolute atomic E-state index is 0.388. The molecule has 190 valence electrons. The summed E-state index contributed by atoms with van der Waals surface area (Å²) in [5.74, 6) is 0. The lowest BCUT2D eigenvalue weighted by Gasteiger charge is -2.40. The van der Waals surface area contributed by atoms with E-state index >= 15 is 9.13 Å². The largest absolute Gasteiger partial charge is 0.318 e. The van der Waals surface area contributed by atoms with Crippen molar-refractivity contribution in [2.24, 2.45) is 0 Å². The quantitative estimate of drug-likeness (QED) is 0.364. The van der Waals surface area contributed by atoms with Crippen LogP contribution in [0.5, 0.6) is 0 Å². The van der Waals surface area contributed by atoms with Gasteiger partial charge < -0.3 is 9.13 Å². The van der Waals surface area contributed by atoms with Crippen molar-refractivity contribution in [1.82, 2.24) is 0 Å². The first kappa shape index (κ1) is 25.3. The zero-order chi connectivity index (χ0) is 23.4. The summed E-state index contributed by atoms with van der Waals surface area (Å²) < 4.78 is 30.0. The average Bonchev–Trinajstić information content (AvgIpc) is 2.94. The third-order valence-electron chi connectivity index (χ3n) is 10.1. The number of rotatable bonds is 6.